The first-order chi connectivity index (χ1) is 13.0. The van der Waals surface area contributed by atoms with Gasteiger partial charge in [-0.2, -0.15) is 0 Å². The number of hydrogen-bond donors (Lipinski definition) is 2. The quantitative estimate of drug-likeness (QED) is 0.615. The molecule has 4 bridgehead atoms. The fourth-order valence-corrected chi connectivity index (χ4v) is 5.89. The zero-order valence-electron chi connectivity index (χ0n) is 15.6. The van der Waals surface area contributed by atoms with E-state index in [9.17, 15) is 9.59 Å². The number of carbonyl (C=O) groups excluding carboxylic acids is 2. The van der Waals surface area contributed by atoms with Crippen molar-refractivity contribution in [3.63, 3.8) is 0 Å². The molecule has 0 atom stereocenters. The van der Waals surface area contributed by atoms with Crippen molar-refractivity contribution >= 4 is 29.2 Å². The van der Waals surface area contributed by atoms with E-state index in [1.54, 1.807) is 12.1 Å². The van der Waals surface area contributed by atoms with Crippen LogP contribution in [0.4, 0.5) is 0 Å². The van der Waals surface area contributed by atoms with Gasteiger partial charge in [0.05, 0.1) is 18.1 Å². The average molecular weight is 387 g/mol. The van der Waals surface area contributed by atoms with Crippen molar-refractivity contribution in [3.05, 3.63) is 35.4 Å². The van der Waals surface area contributed by atoms with Crippen LogP contribution in [0.2, 0.25) is 0 Å². The van der Waals surface area contributed by atoms with Crippen LogP contribution in [0.1, 0.15) is 54.4 Å². The van der Waals surface area contributed by atoms with Crippen LogP contribution in [0.3, 0.4) is 0 Å². The lowest BCUT2D eigenvalue weighted by atomic mass is 9.49. The molecule has 0 spiro atoms. The molecule has 144 valence electrons. The number of esters is 1. The van der Waals surface area contributed by atoms with E-state index in [2.05, 4.69) is 10.6 Å². The molecule has 0 heterocycles. The molecule has 2 N–H and O–H groups in total. The van der Waals surface area contributed by atoms with Crippen LogP contribution in [-0.2, 0) is 16.1 Å². The summed E-state index contributed by atoms with van der Waals surface area (Å²) in [6.45, 7) is 0.501. The fraction of sp³-hybridized carbons (Fsp3) is 0.571. The lowest BCUT2D eigenvalue weighted by Crippen LogP contribution is -2.55. The molecule has 27 heavy (non-hydrogen) atoms. The maximum atomic E-state index is 13.0. The third-order valence-corrected chi connectivity index (χ3v) is 6.82. The van der Waals surface area contributed by atoms with Gasteiger partial charge in [0.15, 0.2) is 5.11 Å². The van der Waals surface area contributed by atoms with Crippen LogP contribution in [0.5, 0.6) is 0 Å². The molecule has 0 unspecified atom stereocenters. The molecule has 4 fully saturated rings. The number of rotatable bonds is 4. The van der Waals surface area contributed by atoms with Crippen LogP contribution < -0.4 is 10.6 Å². The van der Waals surface area contributed by atoms with Gasteiger partial charge in [-0.05, 0) is 86.2 Å². The molecule has 0 radical (unpaired) electrons. The van der Waals surface area contributed by atoms with Gasteiger partial charge in [-0.1, -0.05) is 12.1 Å². The number of methoxy groups -OCH3 is 1. The number of carbonyl (C=O) groups is 2. The molecule has 1 amide bonds. The van der Waals surface area contributed by atoms with Crippen molar-refractivity contribution in [2.24, 2.45) is 23.2 Å². The van der Waals surface area contributed by atoms with Gasteiger partial charge in [0.1, 0.15) is 0 Å². The summed E-state index contributed by atoms with van der Waals surface area (Å²) in [6.07, 6.45) is 7.04. The summed E-state index contributed by atoms with van der Waals surface area (Å²) in [6, 6.07) is 7.14. The highest BCUT2D eigenvalue weighted by atomic mass is 32.1. The van der Waals surface area contributed by atoms with Crippen molar-refractivity contribution in [2.75, 3.05) is 7.11 Å². The monoisotopic (exact) mass is 386 g/mol. The summed E-state index contributed by atoms with van der Waals surface area (Å²) in [4.78, 5) is 24.5. The van der Waals surface area contributed by atoms with Gasteiger partial charge in [-0.15, -0.1) is 0 Å². The van der Waals surface area contributed by atoms with E-state index in [0.29, 0.717) is 17.2 Å². The van der Waals surface area contributed by atoms with Gasteiger partial charge in [0, 0.05) is 6.54 Å². The number of ether oxygens (including phenoxy) is 1. The summed E-state index contributed by atoms with van der Waals surface area (Å²) >= 11 is 5.35. The summed E-state index contributed by atoms with van der Waals surface area (Å²) in [5.41, 5.74) is 1.30. The Morgan fingerprint density at radius 1 is 1.07 bits per heavy atom. The van der Waals surface area contributed by atoms with Crippen LogP contribution in [-0.4, -0.2) is 24.1 Å². The van der Waals surface area contributed by atoms with Gasteiger partial charge in [0.2, 0.25) is 5.91 Å². The molecule has 4 aliphatic carbocycles. The maximum absolute atomic E-state index is 13.0. The van der Waals surface area contributed by atoms with E-state index >= 15 is 0 Å². The third kappa shape index (κ3) is 3.72. The van der Waals surface area contributed by atoms with Gasteiger partial charge in [-0.3, -0.25) is 4.79 Å². The van der Waals surface area contributed by atoms with Gasteiger partial charge >= 0.3 is 5.97 Å². The van der Waals surface area contributed by atoms with Crippen molar-refractivity contribution in [2.45, 2.75) is 45.1 Å². The van der Waals surface area contributed by atoms with Crippen LogP contribution in [0.25, 0.3) is 0 Å². The van der Waals surface area contributed by atoms with E-state index in [1.165, 1.54) is 26.4 Å². The summed E-state index contributed by atoms with van der Waals surface area (Å²) in [5.74, 6) is 1.96. The number of thiocarbonyl (C=S) groups is 1. The number of hydrogen-bond acceptors (Lipinski definition) is 4. The maximum Gasteiger partial charge on any atom is 0.337 e. The number of nitrogens with one attached hydrogen (secondary N) is 2. The normalized spacial score (nSPS) is 30.6. The number of amides is 1. The van der Waals surface area contributed by atoms with E-state index in [-0.39, 0.29) is 17.3 Å². The Bertz CT molecular complexity index is 724. The van der Waals surface area contributed by atoms with Crippen LogP contribution in [0.15, 0.2) is 24.3 Å². The second-order valence-corrected chi connectivity index (χ2v) is 8.93. The Hall–Kier alpha value is -1.95. The highest BCUT2D eigenvalue weighted by molar-refractivity contribution is 7.80. The zero-order chi connectivity index (χ0) is 19.0. The fourth-order valence-electron chi connectivity index (χ4n) is 5.73. The van der Waals surface area contributed by atoms with Crippen molar-refractivity contribution in [1.29, 1.82) is 0 Å². The lowest BCUT2D eigenvalue weighted by molar-refractivity contribution is -0.144. The van der Waals surface area contributed by atoms with Gasteiger partial charge < -0.3 is 15.4 Å². The Balaban J connectivity index is 1.31. The topological polar surface area (TPSA) is 67.4 Å². The Morgan fingerprint density at radius 3 is 2.15 bits per heavy atom. The predicted molar refractivity (Wildman–Crippen MR) is 106 cm³/mol. The second kappa shape index (κ2) is 7.23. The van der Waals surface area contributed by atoms with E-state index in [4.69, 9.17) is 17.0 Å². The summed E-state index contributed by atoms with van der Waals surface area (Å²) in [5, 5.41) is 6.44. The Kier molecular flexibility index (Phi) is 4.93. The minimum atomic E-state index is -0.354. The standard InChI is InChI=1S/C21H26N2O3S/c1-26-18(24)17-4-2-13(3-5-17)12-22-20(27)23-19(25)21-9-14-6-15(10-21)8-16(7-14)11-21/h2-5,14-16H,6-12H2,1H3,(H2,22,23,25,27). The highest BCUT2D eigenvalue weighted by Gasteiger charge is 2.54. The summed E-state index contributed by atoms with van der Waals surface area (Å²) < 4.78 is 4.70. The molecule has 4 aliphatic rings. The Morgan fingerprint density at radius 2 is 1.63 bits per heavy atom. The van der Waals surface area contributed by atoms with Crippen molar-refractivity contribution in [3.8, 4) is 0 Å². The molecule has 5 rings (SSSR count). The molecule has 1 aromatic carbocycles. The molecule has 0 aliphatic heterocycles. The molecule has 1 aromatic rings. The Labute approximate surface area is 165 Å². The van der Waals surface area contributed by atoms with Gasteiger partial charge in [-0.25, -0.2) is 4.79 Å². The van der Waals surface area contributed by atoms with Crippen molar-refractivity contribution < 1.29 is 14.3 Å². The minimum Gasteiger partial charge on any atom is -0.465 e. The molecular formula is C21H26N2O3S. The van der Waals surface area contributed by atoms with Gasteiger partial charge in [0.25, 0.3) is 0 Å². The average Bonchev–Trinajstić information content (AvgIpc) is 2.65. The molecular weight excluding hydrogens is 360 g/mol. The first-order valence-corrected chi connectivity index (χ1v) is 10.1. The second-order valence-electron chi connectivity index (χ2n) is 8.52. The summed E-state index contributed by atoms with van der Waals surface area (Å²) in [7, 11) is 1.36. The molecule has 0 aromatic heterocycles. The first kappa shape index (κ1) is 18.4. The number of benzene rings is 1. The zero-order valence-corrected chi connectivity index (χ0v) is 16.4. The molecule has 4 saturated carbocycles. The van der Waals surface area contributed by atoms with Crippen LogP contribution in [0, 0.1) is 23.2 Å². The molecule has 6 heteroatoms. The first-order valence-electron chi connectivity index (χ1n) is 9.74. The third-order valence-electron chi connectivity index (χ3n) is 6.58. The van der Waals surface area contributed by atoms with Crippen molar-refractivity contribution in [1.82, 2.24) is 10.6 Å². The SMILES string of the molecule is COC(=O)c1ccc(CNC(=S)NC(=O)C23CC4CC(CC(C4)C2)C3)cc1. The minimum absolute atomic E-state index is 0.111. The lowest BCUT2D eigenvalue weighted by Gasteiger charge is -2.55. The smallest absolute Gasteiger partial charge is 0.337 e. The van der Waals surface area contributed by atoms with E-state index in [0.717, 1.165) is 42.6 Å². The highest BCUT2D eigenvalue weighted by Crippen LogP contribution is 2.60. The van der Waals surface area contributed by atoms with E-state index < -0.39 is 0 Å². The predicted octanol–water partition coefficient (Wildman–Crippen LogP) is 3.18. The van der Waals surface area contributed by atoms with E-state index in [1.807, 2.05) is 12.1 Å². The van der Waals surface area contributed by atoms with Crippen LogP contribution >= 0.6 is 12.2 Å². The molecule has 0 saturated heterocycles. The largest absolute Gasteiger partial charge is 0.465 e. The molecule has 5 nitrogen and oxygen atoms in total.